The first-order valence-electron chi connectivity index (χ1n) is 13.6. The normalized spacial score (nSPS) is 11.8. The number of anilines is 1. The molecule has 0 aromatic heterocycles. The molecule has 0 unspecified atom stereocenters. The third kappa shape index (κ3) is 9.09. The van der Waals surface area contributed by atoms with Gasteiger partial charge >= 0.3 is 0 Å². The highest BCUT2D eigenvalue weighted by Gasteiger charge is 2.30. The highest BCUT2D eigenvalue weighted by molar-refractivity contribution is 7.92. The van der Waals surface area contributed by atoms with Crippen LogP contribution in [0.3, 0.4) is 0 Å². The molecule has 0 saturated carbocycles. The van der Waals surface area contributed by atoms with E-state index >= 15 is 0 Å². The van der Waals surface area contributed by atoms with E-state index < -0.39 is 46.1 Å². The van der Waals surface area contributed by atoms with Crippen molar-refractivity contribution in [2.24, 2.45) is 0 Å². The number of ether oxygens (including phenoxy) is 1. The van der Waals surface area contributed by atoms with E-state index in [0.717, 1.165) is 17.7 Å². The maximum Gasteiger partial charge on any atom is 0.261 e. The number of rotatable bonds is 14. The topological polar surface area (TPSA) is 125 Å². The van der Waals surface area contributed by atoms with Gasteiger partial charge in [0.1, 0.15) is 23.4 Å². The van der Waals surface area contributed by atoms with Crippen LogP contribution in [0.5, 0.6) is 5.75 Å². The molecule has 0 aliphatic rings. The Labute approximate surface area is 254 Å². The van der Waals surface area contributed by atoms with Crippen LogP contribution in [0.25, 0.3) is 0 Å². The Kier molecular flexibility index (Phi) is 11.0. The van der Waals surface area contributed by atoms with Gasteiger partial charge in [-0.1, -0.05) is 42.5 Å². The van der Waals surface area contributed by atoms with E-state index in [-0.39, 0.29) is 42.4 Å². The van der Waals surface area contributed by atoms with Gasteiger partial charge in [-0.15, -0.1) is 0 Å². The molecular formula is C32H31F2N3O6S. The van der Waals surface area contributed by atoms with Crippen molar-refractivity contribution in [1.82, 2.24) is 10.2 Å². The largest absolute Gasteiger partial charge is 0.484 e. The molecule has 230 valence electrons. The van der Waals surface area contributed by atoms with Crippen LogP contribution in [0, 0.1) is 11.6 Å². The minimum Gasteiger partial charge on any atom is -0.484 e. The molecule has 44 heavy (non-hydrogen) atoms. The Morgan fingerprint density at radius 2 is 1.43 bits per heavy atom. The summed E-state index contributed by atoms with van der Waals surface area (Å²) in [5.41, 5.74) is 1.56. The van der Waals surface area contributed by atoms with E-state index in [0.29, 0.717) is 5.56 Å². The molecule has 0 aliphatic carbocycles. The van der Waals surface area contributed by atoms with E-state index in [1.54, 1.807) is 0 Å². The van der Waals surface area contributed by atoms with Gasteiger partial charge in [0.15, 0.2) is 6.61 Å². The number of aliphatic hydroxyl groups excluding tert-OH is 1. The first-order chi connectivity index (χ1) is 21.1. The van der Waals surface area contributed by atoms with Crippen LogP contribution in [-0.2, 0) is 32.6 Å². The molecule has 0 aliphatic heterocycles. The second-order valence-corrected chi connectivity index (χ2v) is 11.4. The Morgan fingerprint density at radius 3 is 2.05 bits per heavy atom. The number of amides is 2. The van der Waals surface area contributed by atoms with Crippen LogP contribution < -0.4 is 14.8 Å². The number of hydrogen-bond donors (Lipinski definition) is 3. The second kappa shape index (κ2) is 15.1. The number of hydrogen-bond acceptors (Lipinski definition) is 6. The number of carbonyl (C=O) groups is 2. The van der Waals surface area contributed by atoms with E-state index in [1.807, 2.05) is 30.3 Å². The van der Waals surface area contributed by atoms with Gasteiger partial charge in [-0.3, -0.25) is 14.3 Å². The first kappa shape index (κ1) is 32.1. The van der Waals surface area contributed by atoms with Gasteiger partial charge in [0.25, 0.3) is 15.9 Å². The van der Waals surface area contributed by atoms with E-state index in [4.69, 9.17) is 4.74 Å². The highest BCUT2D eigenvalue weighted by atomic mass is 32.2. The van der Waals surface area contributed by atoms with Crippen molar-refractivity contribution < 1.29 is 36.6 Å². The fraction of sp³-hybridized carbons (Fsp3) is 0.188. The van der Waals surface area contributed by atoms with Crippen molar-refractivity contribution in [1.29, 1.82) is 0 Å². The van der Waals surface area contributed by atoms with Gasteiger partial charge in [-0.05, 0) is 71.8 Å². The van der Waals surface area contributed by atoms with Crippen LogP contribution in [0.2, 0.25) is 0 Å². The number of aliphatic hydroxyl groups is 1. The SMILES string of the molecule is O=C(NCCO)[C@@H](Cc1ccccc1)N(Cc1ccc(F)cc1)C(=O)COc1ccc(S(=O)(=O)Nc2ccc(F)cc2)cc1. The summed E-state index contributed by atoms with van der Waals surface area (Å²) in [6.45, 7) is -0.813. The molecule has 4 aromatic carbocycles. The molecule has 12 heteroatoms. The second-order valence-electron chi connectivity index (χ2n) is 9.74. The number of halogens is 2. The molecule has 4 rings (SSSR count). The Hall–Kier alpha value is -4.81. The van der Waals surface area contributed by atoms with Crippen molar-refractivity contribution in [3.63, 3.8) is 0 Å². The van der Waals surface area contributed by atoms with Crippen molar-refractivity contribution >= 4 is 27.5 Å². The molecule has 2 amide bonds. The minimum absolute atomic E-state index is 0.00945. The van der Waals surface area contributed by atoms with Crippen LogP contribution in [0.4, 0.5) is 14.5 Å². The monoisotopic (exact) mass is 623 g/mol. The Balaban J connectivity index is 1.52. The number of sulfonamides is 1. The fourth-order valence-electron chi connectivity index (χ4n) is 4.31. The molecule has 3 N–H and O–H groups in total. The highest BCUT2D eigenvalue weighted by Crippen LogP contribution is 2.21. The quantitative estimate of drug-likeness (QED) is 0.196. The molecule has 1 atom stereocenters. The zero-order valence-electron chi connectivity index (χ0n) is 23.5. The summed E-state index contributed by atoms with van der Waals surface area (Å²) in [5.74, 6) is -1.79. The van der Waals surface area contributed by atoms with Crippen LogP contribution in [0.15, 0.2) is 108 Å². The summed E-state index contributed by atoms with van der Waals surface area (Å²) in [6.07, 6.45) is 0.165. The van der Waals surface area contributed by atoms with E-state index in [1.165, 1.54) is 65.6 Å². The Bertz CT molecular complexity index is 1640. The summed E-state index contributed by atoms with van der Waals surface area (Å²) in [6, 6.07) is 23.9. The molecule has 0 spiro atoms. The lowest BCUT2D eigenvalue weighted by Crippen LogP contribution is -2.52. The number of nitrogens with one attached hydrogen (secondary N) is 2. The summed E-state index contributed by atoms with van der Waals surface area (Å²) in [4.78, 5) is 28.1. The molecule has 4 aromatic rings. The van der Waals surface area contributed by atoms with Crippen LogP contribution in [0.1, 0.15) is 11.1 Å². The summed E-state index contributed by atoms with van der Waals surface area (Å²) in [5, 5.41) is 11.9. The average molecular weight is 624 g/mol. The lowest BCUT2D eigenvalue weighted by atomic mass is 10.0. The van der Waals surface area contributed by atoms with Crippen molar-refractivity contribution in [2.45, 2.75) is 23.9 Å². The number of nitrogens with zero attached hydrogens (tertiary/aromatic N) is 1. The van der Waals surface area contributed by atoms with Gasteiger partial charge in [-0.25, -0.2) is 17.2 Å². The minimum atomic E-state index is -3.98. The predicted octanol–water partition coefficient (Wildman–Crippen LogP) is 3.89. The molecular weight excluding hydrogens is 592 g/mol. The maximum absolute atomic E-state index is 13.6. The smallest absolute Gasteiger partial charge is 0.261 e. The van der Waals surface area contributed by atoms with Crippen LogP contribution in [-0.4, -0.2) is 56.0 Å². The lowest BCUT2D eigenvalue weighted by Gasteiger charge is -2.31. The van der Waals surface area contributed by atoms with Gasteiger partial charge in [0.05, 0.1) is 11.5 Å². The summed E-state index contributed by atoms with van der Waals surface area (Å²) >= 11 is 0. The zero-order valence-corrected chi connectivity index (χ0v) is 24.3. The third-order valence-electron chi connectivity index (χ3n) is 6.54. The molecule has 0 radical (unpaired) electrons. The van der Waals surface area contributed by atoms with Gasteiger partial charge < -0.3 is 20.1 Å². The maximum atomic E-state index is 13.6. The van der Waals surface area contributed by atoms with Gasteiger partial charge in [0, 0.05) is 25.2 Å². The molecule has 0 heterocycles. The molecule has 0 bridgehead atoms. The van der Waals surface area contributed by atoms with E-state index in [9.17, 15) is 31.9 Å². The molecule has 0 saturated heterocycles. The predicted molar refractivity (Wildman–Crippen MR) is 160 cm³/mol. The first-order valence-corrected chi connectivity index (χ1v) is 15.1. The van der Waals surface area contributed by atoms with Gasteiger partial charge in [-0.2, -0.15) is 0 Å². The lowest BCUT2D eigenvalue weighted by molar-refractivity contribution is -0.142. The van der Waals surface area contributed by atoms with Crippen LogP contribution >= 0.6 is 0 Å². The molecule has 0 fully saturated rings. The van der Waals surface area contributed by atoms with Crippen molar-refractivity contribution in [3.05, 3.63) is 126 Å². The average Bonchev–Trinajstić information content (AvgIpc) is 3.03. The zero-order chi connectivity index (χ0) is 31.5. The number of carbonyl (C=O) groups excluding carboxylic acids is 2. The fourth-order valence-corrected chi connectivity index (χ4v) is 5.37. The van der Waals surface area contributed by atoms with Gasteiger partial charge in [0.2, 0.25) is 5.91 Å². The standard InChI is InChI=1S/C32H31F2N3O6S/c33-25-8-6-24(7-9-25)21-37(30(32(40)35-18-19-38)20-23-4-2-1-3-5-23)31(39)22-43-28-14-16-29(17-15-28)44(41,42)36-27-12-10-26(34)11-13-27/h1-17,30,36,38H,18-22H2,(H,35,40)/t30-/m1/s1. The summed E-state index contributed by atoms with van der Waals surface area (Å²) in [7, 11) is -3.98. The third-order valence-corrected chi connectivity index (χ3v) is 7.94. The van der Waals surface area contributed by atoms with Crippen molar-refractivity contribution in [2.75, 3.05) is 24.5 Å². The van der Waals surface area contributed by atoms with E-state index in [2.05, 4.69) is 10.0 Å². The summed E-state index contributed by atoms with van der Waals surface area (Å²) < 4.78 is 60.2. The number of benzene rings is 4. The Morgan fingerprint density at radius 1 is 0.818 bits per heavy atom. The van der Waals surface area contributed by atoms with Crippen molar-refractivity contribution in [3.8, 4) is 5.75 Å². The molecule has 9 nitrogen and oxygen atoms in total.